The van der Waals surface area contributed by atoms with Crippen LogP contribution in [-0.2, 0) is 22.7 Å². The molecule has 0 aromatic carbocycles. The molecular formula is C17H26Cl3N5O2S2. The van der Waals surface area contributed by atoms with E-state index in [0.29, 0.717) is 26.1 Å². The second-order valence-electron chi connectivity index (χ2n) is 6.53. The van der Waals surface area contributed by atoms with Gasteiger partial charge < -0.3 is 16.0 Å². The number of nitrogens with zero attached hydrogens (tertiary/aromatic N) is 2. The third-order valence-electron chi connectivity index (χ3n) is 4.45. The van der Waals surface area contributed by atoms with Gasteiger partial charge in [0.2, 0.25) is 11.8 Å². The summed E-state index contributed by atoms with van der Waals surface area (Å²) in [5.74, 6) is -0.180. The molecule has 3 heterocycles. The van der Waals surface area contributed by atoms with Gasteiger partial charge in [-0.05, 0) is 26.8 Å². The van der Waals surface area contributed by atoms with Crippen molar-refractivity contribution in [3.63, 3.8) is 0 Å². The fourth-order valence-corrected chi connectivity index (χ4v) is 4.52. The van der Waals surface area contributed by atoms with Gasteiger partial charge in [-0.2, -0.15) is 0 Å². The lowest BCUT2D eigenvalue weighted by Crippen LogP contribution is -2.45. The quantitative estimate of drug-likeness (QED) is 0.541. The first-order chi connectivity index (χ1) is 12.5. The molecule has 1 atom stereocenters. The van der Waals surface area contributed by atoms with E-state index in [4.69, 9.17) is 0 Å². The van der Waals surface area contributed by atoms with Crippen LogP contribution in [0.1, 0.15) is 32.6 Å². The SMILES string of the molecule is Cc1ncc(CNC(=O)CC2(C(=O)NCc3cnc(C)s3)CCNC2)s1.Cl.Cl.Cl. The summed E-state index contributed by atoms with van der Waals surface area (Å²) < 4.78 is 0. The van der Waals surface area contributed by atoms with Crippen molar-refractivity contribution in [3.05, 3.63) is 32.2 Å². The van der Waals surface area contributed by atoms with Crippen molar-refractivity contribution in [2.75, 3.05) is 13.1 Å². The Hall–Kier alpha value is -0.970. The van der Waals surface area contributed by atoms with Gasteiger partial charge in [0, 0.05) is 35.1 Å². The van der Waals surface area contributed by atoms with Crippen molar-refractivity contribution < 1.29 is 9.59 Å². The molecule has 0 radical (unpaired) electrons. The molecule has 1 fully saturated rings. The molecule has 1 unspecified atom stereocenters. The van der Waals surface area contributed by atoms with E-state index in [1.807, 2.05) is 13.8 Å². The van der Waals surface area contributed by atoms with Gasteiger partial charge in [0.05, 0.1) is 28.5 Å². The van der Waals surface area contributed by atoms with E-state index in [1.54, 1.807) is 35.1 Å². The fourth-order valence-electron chi connectivity index (χ4n) is 3.05. The Kier molecular flexibility index (Phi) is 12.2. The van der Waals surface area contributed by atoms with Crippen LogP contribution in [0.25, 0.3) is 0 Å². The molecular weight excluding hydrogens is 477 g/mol. The number of aryl methyl sites for hydroxylation is 2. The molecule has 1 aliphatic rings. The number of aromatic nitrogens is 2. The maximum atomic E-state index is 12.8. The van der Waals surface area contributed by atoms with E-state index in [2.05, 4.69) is 25.9 Å². The highest BCUT2D eigenvalue weighted by atomic mass is 35.5. The average Bonchev–Trinajstić information content (AvgIpc) is 3.33. The summed E-state index contributed by atoms with van der Waals surface area (Å²) in [5.41, 5.74) is -0.687. The number of thiazole rings is 2. The molecule has 2 amide bonds. The highest BCUT2D eigenvalue weighted by Gasteiger charge is 2.42. The first kappa shape index (κ1) is 28.0. The topological polar surface area (TPSA) is 96.0 Å². The molecule has 0 spiro atoms. The monoisotopic (exact) mass is 501 g/mol. The zero-order valence-corrected chi connectivity index (χ0v) is 20.2. The van der Waals surface area contributed by atoms with E-state index >= 15 is 0 Å². The van der Waals surface area contributed by atoms with E-state index in [9.17, 15) is 9.59 Å². The predicted molar refractivity (Wildman–Crippen MR) is 124 cm³/mol. The van der Waals surface area contributed by atoms with Crippen LogP contribution in [0.4, 0.5) is 0 Å². The Morgan fingerprint density at radius 1 is 1.03 bits per heavy atom. The molecule has 1 saturated heterocycles. The fraction of sp³-hybridized carbons (Fsp3) is 0.529. The highest BCUT2D eigenvalue weighted by molar-refractivity contribution is 7.11. The Balaban J connectivity index is 0.00000261. The van der Waals surface area contributed by atoms with Gasteiger partial charge in [-0.3, -0.25) is 9.59 Å². The average molecular weight is 503 g/mol. The van der Waals surface area contributed by atoms with Crippen molar-refractivity contribution in [1.29, 1.82) is 0 Å². The third-order valence-corrected chi connectivity index (χ3v) is 6.27. The van der Waals surface area contributed by atoms with Crippen LogP contribution in [0, 0.1) is 19.3 Å². The minimum Gasteiger partial charge on any atom is -0.351 e. The van der Waals surface area contributed by atoms with Crippen molar-refractivity contribution in [2.24, 2.45) is 5.41 Å². The largest absolute Gasteiger partial charge is 0.351 e. The van der Waals surface area contributed by atoms with Gasteiger partial charge in [0.15, 0.2) is 0 Å². The lowest BCUT2D eigenvalue weighted by atomic mass is 9.82. The Bertz CT molecular complexity index is 794. The second kappa shape index (κ2) is 12.7. The lowest BCUT2D eigenvalue weighted by molar-refractivity contribution is -0.135. The zero-order valence-electron chi connectivity index (χ0n) is 16.1. The Labute approximate surface area is 197 Å². The van der Waals surface area contributed by atoms with Crippen LogP contribution in [0.2, 0.25) is 0 Å². The van der Waals surface area contributed by atoms with Crippen molar-refractivity contribution >= 4 is 71.7 Å². The minimum atomic E-state index is -0.687. The summed E-state index contributed by atoms with van der Waals surface area (Å²) in [4.78, 5) is 35.6. The van der Waals surface area contributed by atoms with Crippen molar-refractivity contribution in [3.8, 4) is 0 Å². The summed E-state index contributed by atoms with van der Waals surface area (Å²) in [6.45, 7) is 6.04. The number of carbonyl (C=O) groups excluding carboxylic acids is 2. The minimum absolute atomic E-state index is 0. The third kappa shape index (κ3) is 7.66. The van der Waals surface area contributed by atoms with E-state index in [-0.39, 0.29) is 55.5 Å². The van der Waals surface area contributed by atoms with Gasteiger partial charge in [-0.25, -0.2) is 9.97 Å². The van der Waals surface area contributed by atoms with Crippen LogP contribution < -0.4 is 16.0 Å². The molecule has 7 nitrogen and oxygen atoms in total. The van der Waals surface area contributed by atoms with Gasteiger partial charge in [-0.1, -0.05) is 0 Å². The lowest BCUT2D eigenvalue weighted by Gasteiger charge is -2.26. The molecule has 0 aliphatic carbocycles. The molecule has 0 bridgehead atoms. The van der Waals surface area contributed by atoms with Crippen molar-refractivity contribution in [1.82, 2.24) is 25.9 Å². The summed E-state index contributed by atoms with van der Waals surface area (Å²) in [5, 5.41) is 11.1. The molecule has 3 rings (SSSR count). The zero-order chi connectivity index (χ0) is 18.6. The highest BCUT2D eigenvalue weighted by Crippen LogP contribution is 2.30. The maximum Gasteiger partial charge on any atom is 0.228 e. The number of carbonyl (C=O) groups is 2. The van der Waals surface area contributed by atoms with Crippen LogP contribution in [0.15, 0.2) is 12.4 Å². The van der Waals surface area contributed by atoms with Crippen LogP contribution in [0.3, 0.4) is 0 Å². The molecule has 164 valence electrons. The number of rotatable bonds is 7. The second-order valence-corrected chi connectivity index (χ2v) is 9.17. The first-order valence-corrected chi connectivity index (χ1v) is 10.2. The standard InChI is InChI=1S/C17H23N5O2S2.3ClH/c1-11-19-6-13(25-11)8-21-15(23)5-17(3-4-18-10-17)16(24)22-9-14-7-20-12(2)26-14;;;/h6-7,18H,3-5,8-10H2,1-2H3,(H,21,23)(H,22,24);3*1H. The number of hydrogen-bond acceptors (Lipinski definition) is 7. The summed E-state index contributed by atoms with van der Waals surface area (Å²) in [7, 11) is 0. The molecule has 12 heteroatoms. The molecule has 29 heavy (non-hydrogen) atoms. The summed E-state index contributed by atoms with van der Waals surface area (Å²) in [6, 6.07) is 0. The molecule has 3 N–H and O–H groups in total. The van der Waals surface area contributed by atoms with Gasteiger partial charge in [0.1, 0.15) is 0 Å². The normalized spacial score (nSPS) is 17.4. The van der Waals surface area contributed by atoms with E-state index in [0.717, 1.165) is 26.3 Å². The van der Waals surface area contributed by atoms with Gasteiger partial charge >= 0.3 is 0 Å². The Morgan fingerprint density at radius 2 is 1.59 bits per heavy atom. The predicted octanol–water partition coefficient (Wildman–Crippen LogP) is 2.78. The Morgan fingerprint density at radius 3 is 2.03 bits per heavy atom. The number of amides is 2. The maximum absolute atomic E-state index is 12.8. The van der Waals surface area contributed by atoms with Crippen molar-refractivity contribution in [2.45, 2.75) is 39.8 Å². The number of hydrogen-bond donors (Lipinski definition) is 3. The van der Waals surface area contributed by atoms with Crippen LogP contribution in [-0.4, -0.2) is 34.9 Å². The van der Waals surface area contributed by atoms with E-state index in [1.165, 1.54) is 0 Å². The first-order valence-electron chi connectivity index (χ1n) is 8.55. The smallest absolute Gasteiger partial charge is 0.228 e. The molecule has 2 aromatic rings. The molecule has 0 saturated carbocycles. The van der Waals surface area contributed by atoms with Gasteiger partial charge in [-0.15, -0.1) is 59.9 Å². The van der Waals surface area contributed by atoms with Crippen LogP contribution in [0.5, 0.6) is 0 Å². The molecule has 2 aromatic heterocycles. The van der Waals surface area contributed by atoms with Gasteiger partial charge in [0.25, 0.3) is 0 Å². The number of nitrogens with one attached hydrogen (secondary N) is 3. The summed E-state index contributed by atoms with van der Waals surface area (Å²) >= 11 is 3.13. The summed E-state index contributed by atoms with van der Waals surface area (Å²) in [6.07, 6.45) is 4.40. The van der Waals surface area contributed by atoms with E-state index < -0.39 is 5.41 Å². The number of halogens is 3. The molecule has 1 aliphatic heterocycles. The van der Waals surface area contributed by atoms with Crippen LogP contribution >= 0.6 is 59.9 Å².